The number of benzene rings is 1. The van der Waals surface area contributed by atoms with Gasteiger partial charge in [0, 0.05) is 0 Å². The SMILES string of the molecule is CCCCOCOc1ccc(C(=O)OC)cc1. The van der Waals surface area contributed by atoms with E-state index in [2.05, 4.69) is 11.7 Å². The molecule has 0 saturated carbocycles. The molecule has 0 unspecified atom stereocenters. The number of carbonyl (C=O) groups is 1. The molecular formula is C13H18O4. The van der Waals surface area contributed by atoms with Crippen molar-refractivity contribution in [2.75, 3.05) is 20.5 Å². The van der Waals surface area contributed by atoms with Gasteiger partial charge in [-0.2, -0.15) is 0 Å². The van der Waals surface area contributed by atoms with E-state index in [4.69, 9.17) is 9.47 Å². The van der Waals surface area contributed by atoms with E-state index < -0.39 is 0 Å². The largest absolute Gasteiger partial charge is 0.468 e. The van der Waals surface area contributed by atoms with Gasteiger partial charge in [0.05, 0.1) is 19.3 Å². The molecule has 1 aromatic rings. The Morgan fingerprint density at radius 1 is 1.24 bits per heavy atom. The number of unbranched alkanes of at least 4 members (excludes halogenated alkanes) is 1. The molecular weight excluding hydrogens is 220 g/mol. The van der Waals surface area contributed by atoms with Crippen LogP contribution in [0.1, 0.15) is 30.1 Å². The van der Waals surface area contributed by atoms with Crippen LogP contribution in [0.2, 0.25) is 0 Å². The maximum Gasteiger partial charge on any atom is 0.337 e. The van der Waals surface area contributed by atoms with Crippen LogP contribution in [0.25, 0.3) is 0 Å². The summed E-state index contributed by atoms with van der Waals surface area (Å²) in [6.07, 6.45) is 2.14. The minimum absolute atomic E-state index is 0.234. The molecule has 4 nitrogen and oxygen atoms in total. The first-order chi connectivity index (χ1) is 8.27. The molecule has 0 atom stereocenters. The van der Waals surface area contributed by atoms with Crippen molar-refractivity contribution >= 4 is 5.97 Å². The first-order valence-corrected chi connectivity index (χ1v) is 5.67. The topological polar surface area (TPSA) is 44.8 Å². The molecule has 1 aromatic carbocycles. The second-order valence-corrected chi connectivity index (χ2v) is 3.54. The minimum Gasteiger partial charge on any atom is -0.468 e. The Kier molecular flexibility index (Phi) is 6.10. The lowest BCUT2D eigenvalue weighted by Crippen LogP contribution is -2.04. The van der Waals surface area contributed by atoms with Crippen molar-refractivity contribution in [1.82, 2.24) is 0 Å². The Bertz CT molecular complexity index is 332. The summed E-state index contributed by atoms with van der Waals surface area (Å²) in [4.78, 5) is 11.2. The second-order valence-electron chi connectivity index (χ2n) is 3.54. The summed E-state index contributed by atoms with van der Waals surface area (Å²) in [6, 6.07) is 6.76. The summed E-state index contributed by atoms with van der Waals surface area (Å²) in [7, 11) is 1.36. The fourth-order valence-electron chi connectivity index (χ4n) is 1.22. The average Bonchev–Trinajstić information content (AvgIpc) is 2.38. The van der Waals surface area contributed by atoms with Crippen molar-refractivity contribution in [2.24, 2.45) is 0 Å². The highest BCUT2D eigenvalue weighted by molar-refractivity contribution is 5.89. The van der Waals surface area contributed by atoms with Gasteiger partial charge in [-0.05, 0) is 30.7 Å². The molecule has 0 heterocycles. The minimum atomic E-state index is -0.351. The van der Waals surface area contributed by atoms with Gasteiger partial charge in [-0.15, -0.1) is 0 Å². The standard InChI is InChI=1S/C13H18O4/c1-3-4-9-16-10-17-12-7-5-11(6-8-12)13(14)15-2/h5-8H,3-4,9-10H2,1-2H3. The number of hydrogen-bond acceptors (Lipinski definition) is 4. The summed E-state index contributed by atoms with van der Waals surface area (Å²) < 4.78 is 15.2. The molecule has 0 aliphatic heterocycles. The van der Waals surface area contributed by atoms with Crippen LogP contribution in [0.5, 0.6) is 5.75 Å². The number of methoxy groups -OCH3 is 1. The molecule has 0 radical (unpaired) electrons. The summed E-state index contributed by atoms with van der Waals surface area (Å²) in [5, 5.41) is 0. The van der Waals surface area contributed by atoms with Gasteiger partial charge in [0.15, 0.2) is 6.79 Å². The summed E-state index contributed by atoms with van der Waals surface area (Å²) in [5.74, 6) is 0.324. The van der Waals surface area contributed by atoms with Crippen molar-refractivity contribution in [1.29, 1.82) is 0 Å². The molecule has 4 heteroatoms. The van der Waals surface area contributed by atoms with Crippen molar-refractivity contribution in [3.63, 3.8) is 0 Å². The number of rotatable bonds is 7. The van der Waals surface area contributed by atoms with Crippen LogP contribution in [-0.2, 0) is 9.47 Å². The molecule has 0 fully saturated rings. The van der Waals surface area contributed by atoms with E-state index in [1.54, 1.807) is 24.3 Å². The zero-order valence-corrected chi connectivity index (χ0v) is 10.3. The summed E-state index contributed by atoms with van der Waals surface area (Å²) >= 11 is 0. The number of esters is 1. The van der Waals surface area contributed by atoms with Gasteiger partial charge < -0.3 is 14.2 Å². The van der Waals surface area contributed by atoms with Crippen LogP contribution >= 0.6 is 0 Å². The van der Waals surface area contributed by atoms with E-state index in [0.717, 1.165) is 12.8 Å². The van der Waals surface area contributed by atoms with Gasteiger partial charge in [0.1, 0.15) is 5.75 Å². The molecule has 1 rings (SSSR count). The molecule has 0 amide bonds. The lowest BCUT2D eigenvalue weighted by Gasteiger charge is -2.07. The fourth-order valence-corrected chi connectivity index (χ4v) is 1.22. The lowest BCUT2D eigenvalue weighted by atomic mass is 10.2. The van der Waals surface area contributed by atoms with Crippen molar-refractivity contribution in [3.8, 4) is 5.75 Å². The van der Waals surface area contributed by atoms with Crippen molar-refractivity contribution in [2.45, 2.75) is 19.8 Å². The Balaban J connectivity index is 2.33. The molecule has 0 aliphatic rings. The van der Waals surface area contributed by atoms with Crippen LogP contribution in [-0.4, -0.2) is 26.5 Å². The molecule has 0 N–H and O–H groups in total. The van der Waals surface area contributed by atoms with E-state index in [0.29, 0.717) is 17.9 Å². The van der Waals surface area contributed by atoms with Crippen LogP contribution in [0.15, 0.2) is 24.3 Å². The van der Waals surface area contributed by atoms with Crippen LogP contribution in [0, 0.1) is 0 Å². The molecule has 0 bridgehead atoms. The molecule has 17 heavy (non-hydrogen) atoms. The third-order valence-corrected chi connectivity index (χ3v) is 2.23. The quantitative estimate of drug-likeness (QED) is 0.416. The van der Waals surface area contributed by atoms with Crippen LogP contribution in [0.3, 0.4) is 0 Å². The number of carbonyl (C=O) groups excluding carboxylic acids is 1. The van der Waals surface area contributed by atoms with E-state index >= 15 is 0 Å². The highest BCUT2D eigenvalue weighted by atomic mass is 16.7. The van der Waals surface area contributed by atoms with E-state index in [9.17, 15) is 4.79 Å². The molecule has 0 aromatic heterocycles. The number of ether oxygens (including phenoxy) is 3. The van der Waals surface area contributed by atoms with Crippen LogP contribution < -0.4 is 4.74 Å². The molecule has 0 spiro atoms. The molecule has 0 aliphatic carbocycles. The van der Waals surface area contributed by atoms with Crippen LogP contribution in [0.4, 0.5) is 0 Å². The Hall–Kier alpha value is -1.55. The highest BCUT2D eigenvalue weighted by Crippen LogP contribution is 2.12. The second kappa shape index (κ2) is 7.68. The van der Waals surface area contributed by atoms with Gasteiger partial charge >= 0.3 is 5.97 Å². The van der Waals surface area contributed by atoms with E-state index in [-0.39, 0.29) is 12.8 Å². The molecule has 94 valence electrons. The monoisotopic (exact) mass is 238 g/mol. The zero-order chi connectivity index (χ0) is 12.5. The van der Waals surface area contributed by atoms with E-state index in [1.165, 1.54) is 7.11 Å². The van der Waals surface area contributed by atoms with Gasteiger partial charge in [-0.3, -0.25) is 0 Å². The first-order valence-electron chi connectivity index (χ1n) is 5.67. The fraction of sp³-hybridized carbons (Fsp3) is 0.462. The van der Waals surface area contributed by atoms with Gasteiger partial charge in [0.2, 0.25) is 0 Å². The van der Waals surface area contributed by atoms with Gasteiger partial charge in [0.25, 0.3) is 0 Å². The van der Waals surface area contributed by atoms with Gasteiger partial charge in [-0.1, -0.05) is 13.3 Å². The normalized spacial score (nSPS) is 10.0. The van der Waals surface area contributed by atoms with Crippen molar-refractivity contribution < 1.29 is 19.0 Å². The third-order valence-electron chi connectivity index (χ3n) is 2.23. The Morgan fingerprint density at radius 3 is 2.53 bits per heavy atom. The predicted octanol–water partition coefficient (Wildman–Crippen LogP) is 2.63. The maximum absolute atomic E-state index is 11.2. The van der Waals surface area contributed by atoms with Crippen molar-refractivity contribution in [3.05, 3.63) is 29.8 Å². The Morgan fingerprint density at radius 2 is 1.94 bits per heavy atom. The average molecular weight is 238 g/mol. The zero-order valence-electron chi connectivity index (χ0n) is 10.3. The predicted molar refractivity (Wildman–Crippen MR) is 64.1 cm³/mol. The summed E-state index contributed by atoms with van der Waals surface area (Å²) in [6.45, 7) is 3.05. The molecule has 0 saturated heterocycles. The van der Waals surface area contributed by atoms with E-state index in [1.807, 2.05) is 0 Å². The maximum atomic E-state index is 11.2. The highest BCUT2D eigenvalue weighted by Gasteiger charge is 2.04. The summed E-state index contributed by atoms with van der Waals surface area (Å²) in [5.41, 5.74) is 0.506. The number of hydrogen-bond donors (Lipinski definition) is 0. The smallest absolute Gasteiger partial charge is 0.337 e. The third kappa shape index (κ3) is 4.87. The first kappa shape index (κ1) is 13.5. The lowest BCUT2D eigenvalue weighted by molar-refractivity contribution is 0.0140. The Labute approximate surface area is 101 Å². The van der Waals surface area contributed by atoms with Gasteiger partial charge in [-0.25, -0.2) is 4.79 Å².